The number of rotatable bonds is 4. The van der Waals surface area contributed by atoms with Gasteiger partial charge in [-0.25, -0.2) is 0 Å². The summed E-state index contributed by atoms with van der Waals surface area (Å²) >= 11 is 18.1. The molecule has 19 heavy (non-hydrogen) atoms. The highest BCUT2D eigenvalue weighted by atomic mass is 35.5. The van der Waals surface area contributed by atoms with Gasteiger partial charge in [0.25, 0.3) is 0 Å². The van der Waals surface area contributed by atoms with Gasteiger partial charge >= 0.3 is 0 Å². The topological polar surface area (TPSA) is 29.9 Å². The first-order valence-corrected chi connectivity index (χ1v) is 6.95. The van der Waals surface area contributed by atoms with Crippen molar-refractivity contribution in [2.45, 2.75) is 12.5 Å². The number of nitrogens with zero attached hydrogens (tertiary/aromatic N) is 2. The Hall–Kier alpha value is -0.740. The summed E-state index contributed by atoms with van der Waals surface area (Å²) in [7, 11) is 3.77. The minimum atomic E-state index is 0.0669. The van der Waals surface area contributed by atoms with Crippen LogP contribution >= 0.6 is 34.8 Å². The fourth-order valence-corrected chi connectivity index (χ4v) is 2.67. The Kier molecular flexibility index (Phi) is 4.74. The zero-order valence-electron chi connectivity index (χ0n) is 10.6. The van der Waals surface area contributed by atoms with Crippen molar-refractivity contribution < 1.29 is 0 Å². The molecule has 2 rings (SSSR count). The van der Waals surface area contributed by atoms with Gasteiger partial charge < -0.3 is 5.32 Å². The highest BCUT2D eigenvalue weighted by molar-refractivity contribution is 6.42. The van der Waals surface area contributed by atoms with Crippen molar-refractivity contribution in [3.05, 3.63) is 50.7 Å². The Morgan fingerprint density at radius 2 is 1.95 bits per heavy atom. The maximum absolute atomic E-state index is 6.17. The van der Waals surface area contributed by atoms with Crippen molar-refractivity contribution in [1.82, 2.24) is 15.1 Å². The van der Waals surface area contributed by atoms with Gasteiger partial charge in [0.05, 0.1) is 33.0 Å². The van der Waals surface area contributed by atoms with Crippen LogP contribution in [0.25, 0.3) is 0 Å². The van der Waals surface area contributed by atoms with Crippen LogP contribution in [0, 0.1) is 0 Å². The van der Waals surface area contributed by atoms with Crippen molar-refractivity contribution >= 4 is 34.8 Å². The standard InChI is InChI=1S/C13H14Cl3N3/c1-17-12(13-11(16)7-18-19(13)2)6-8-3-4-9(14)10(15)5-8/h3-5,7,12,17H,6H2,1-2H3. The van der Waals surface area contributed by atoms with Crippen LogP contribution in [0.2, 0.25) is 15.1 Å². The molecule has 1 N–H and O–H groups in total. The molecule has 1 aromatic heterocycles. The molecule has 0 aliphatic heterocycles. The molecule has 0 spiro atoms. The molecular weight excluding hydrogens is 305 g/mol. The fraction of sp³-hybridized carbons (Fsp3) is 0.308. The number of halogens is 3. The van der Waals surface area contributed by atoms with E-state index in [9.17, 15) is 0 Å². The second-order valence-electron chi connectivity index (χ2n) is 4.30. The highest BCUT2D eigenvalue weighted by Gasteiger charge is 2.18. The average Bonchev–Trinajstić information content (AvgIpc) is 2.71. The lowest BCUT2D eigenvalue weighted by Crippen LogP contribution is -2.22. The number of likely N-dealkylation sites (N-methyl/N-ethyl adjacent to an activating group) is 1. The molecule has 0 radical (unpaired) electrons. The van der Waals surface area contributed by atoms with E-state index in [4.69, 9.17) is 34.8 Å². The molecule has 0 saturated heterocycles. The van der Waals surface area contributed by atoms with E-state index in [0.717, 1.165) is 17.7 Å². The molecule has 2 aromatic rings. The van der Waals surface area contributed by atoms with E-state index < -0.39 is 0 Å². The lowest BCUT2D eigenvalue weighted by Gasteiger charge is -2.17. The molecule has 1 atom stereocenters. The number of hydrogen-bond acceptors (Lipinski definition) is 2. The van der Waals surface area contributed by atoms with Gasteiger partial charge in [0.15, 0.2) is 0 Å². The van der Waals surface area contributed by atoms with Crippen LogP contribution in [0.3, 0.4) is 0 Å². The van der Waals surface area contributed by atoms with Gasteiger partial charge in [-0.2, -0.15) is 5.10 Å². The maximum atomic E-state index is 6.17. The molecule has 1 heterocycles. The Balaban J connectivity index is 2.26. The number of nitrogens with one attached hydrogen (secondary N) is 1. The Morgan fingerprint density at radius 3 is 2.47 bits per heavy atom. The largest absolute Gasteiger partial charge is 0.311 e. The summed E-state index contributed by atoms with van der Waals surface area (Å²) in [4.78, 5) is 0. The number of benzene rings is 1. The maximum Gasteiger partial charge on any atom is 0.0834 e. The first-order valence-electron chi connectivity index (χ1n) is 5.81. The average molecular weight is 319 g/mol. The van der Waals surface area contributed by atoms with Crippen LogP contribution in [-0.4, -0.2) is 16.8 Å². The molecule has 1 unspecified atom stereocenters. The van der Waals surface area contributed by atoms with Crippen LogP contribution in [-0.2, 0) is 13.5 Å². The summed E-state index contributed by atoms with van der Waals surface area (Å²) in [5.41, 5.74) is 2.04. The fourth-order valence-electron chi connectivity index (χ4n) is 2.05. The Bertz CT molecular complexity index is 561. The molecule has 0 bridgehead atoms. The third-order valence-corrected chi connectivity index (χ3v) is 4.07. The third-order valence-electron chi connectivity index (χ3n) is 3.04. The Morgan fingerprint density at radius 1 is 1.21 bits per heavy atom. The van der Waals surface area contributed by atoms with Gasteiger partial charge in [-0.1, -0.05) is 40.9 Å². The van der Waals surface area contributed by atoms with Gasteiger partial charge in [0.2, 0.25) is 0 Å². The predicted octanol–water partition coefficient (Wildman–Crippen LogP) is 3.88. The van der Waals surface area contributed by atoms with Crippen LogP contribution in [0.5, 0.6) is 0 Å². The van der Waals surface area contributed by atoms with E-state index in [1.807, 2.05) is 26.2 Å². The molecule has 0 fully saturated rings. The van der Waals surface area contributed by atoms with E-state index in [0.29, 0.717) is 15.1 Å². The summed E-state index contributed by atoms with van der Waals surface area (Å²) in [5, 5.41) is 9.18. The molecule has 6 heteroatoms. The SMILES string of the molecule is CNC(Cc1ccc(Cl)c(Cl)c1)c1c(Cl)cnn1C. The van der Waals surface area contributed by atoms with Crippen molar-refractivity contribution in [3.63, 3.8) is 0 Å². The lowest BCUT2D eigenvalue weighted by molar-refractivity contribution is 0.537. The van der Waals surface area contributed by atoms with Crippen molar-refractivity contribution in [3.8, 4) is 0 Å². The second-order valence-corrected chi connectivity index (χ2v) is 5.52. The molecule has 0 saturated carbocycles. The minimum Gasteiger partial charge on any atom is -0.311 e. The van der Waals surface area contributed by atoms with Crippen LogP contribution < -0.4 is 5.32 Å². The second kappa shape index (κ2) is 6.14. The number of aryl methyl sites for hydroxylation is 1. The molecule has 0 aliphatic carbocycles. The predicted molar refractivity (Wildman–Crippen MR) is 80.2 cm³/mol. The van der Waals surface area contributed by atoms with E-state index in [1.165, 1.54) is 0 Å². The van der Waals surface area contributed by atoms with Crippen molar-refractivity contribution in [2.75, 3.05) is 7.05 Å². The van der Waals surface area contributed by atoms with Gasteiger partial charge in [0.1, 0.15) is 0 Å². The zero-order chi connectivity index (χ0) is 14.0. The van der Waals surface area contributed by atoms with E-state index in [1.54, 1.807) is 16.9 Å². The number of aromatic nitrogens is 2. The lowest BCUT2D eigenvalue weighted by atomic mass is 10.0. The molecule has 3 nitrogen and oxygen atoms in total. The molecular formula is C13H14Cl3N3. The van der Waals surface area contributed by atoms with Gasteiger partial charge in [-0.15, -0.1) is 0 Å². The van der Waals surface area contributed by atoms with E-state index >= 15 is 0 Å². The van der Waals surface area contributed by atoms with E-state index in [2.05, 4.69) is 10.4 Å². The molecule has 1 aromatic carbocycles. The van der Waals surface area contributed by atoms with Crippen LogP contribution in [0.15, 0.2) is 24.4 Å². The summed E-state index contributed by atoms with van der Waals surface area (Å²) in [6.07, 6.45) is 2.41. The monoisotopic (exact) mass is 317 g/mol. The third kappa shape index (κ3) is 3.23. The smallest absolute Gasteiger partial charge is 0.0834 e. The summed E-state index contributed by atoms with van der Waals surface area (Å²) in [6.45, 7) is 0. The van der Waals surface area contributed by atoms with Crippen molar-refractivity contribution in [2.24, 2.45) is 7.05 Å². The number of hydrogen-bond donors (Lipinski definition) is 1. The molecule has 102 valence electrons. The van der Waals surface area contributed by atoms with Crippen LogP contribution in [0.4, 0.5) is 0 Å². The van der Waals surface area contributed by atoms with Gasteiger partial charge in [-0.05, 0) is 31.2 Å². The summed E-state index contributed by atoms with van der Waals surface area (Å²) in [5.74, 6) is 0. The zero-order valence-corrected chi connectivity index (χ0v) is 12.9. The van der Waals surface area contributed by atoms with Crippen molar-refractivity contribution in [1.29, 1.82) is 0 Å². The quantitative estimate of drug-likeness (QED) is 0.927. The van der Waals surface area contributed by atoms with Crippen LogP contribution in [0.1, 0.15) is 17.3 Å². The summed E-state index contributed by atoms with van der Waals surface area (Å²) in [6, 6.07) is 5.70. The molecule has 0 amide bonds. The first kappa shape index (κ1) is 14.7. The molecule has 0 aliphatic rings. The summed E-state index contributed by atoms with van der Waals surface area (Å²) < 4.78 is 1.78. The first-order chi connectivity index (χ1) is 9.02. The highest BCUT2D eigenvalue weighted by Crippen LogP contribution is 2.28. The minimum absolute atomic E-state index is 0.0669. The van der Waals surface area contributed by atoms with Gasteiger partial charge in [0, 0.05) is 7.05 Å². The Labute approximate surface area is 127 Å². The normalized spacial score (nSPS) is 12.7. The van der Waals surface area contributed by atoms with E-state index in [-0.39, 0.29) is 6.04 Å². The van der Waals surface area contributed by atoms with Gasteiger partial charge in [-0.3, -0.25) is 4.68 Å².